The van der Waals surface area contributed by atoms with Crippen molar-refractivity contribution in [2.75, 3.05) is 49.0 Å². The van der Waals surface area contributed by atoms with Crippen molar-refractivity contribution in [3.63, 3.8) is 0 Å². The molecule has 0 aliphatic carbocycles. The average Bonchev–Trinajstić information content (AvgIpc) is 3.34. The van der Waals surface area contributed by atoms with Gasteiger partial charge < -0.3 is 19.7 Å². The first-order valence-corrected chi connectivity index (χ1v) is 11.7. The molecule has 11 heteroatoms. The van der Waals surface area contributed by atoms with Crippen LogP contribution in [0.15, 0.2) is 42.6 Å². The second kappa shape index (κ2) is 8.87. The third-order valence-corrected chi connectivity index (χ3v) is 6.79. The van der Waals surface area contributed by atoms with Gasteiger partial charge in [-0.25, -0.2) is 13.4 Å². The van der Waals surface area contributed by atoms with Crippen molar-refractivity contribution >= 4 is 27.1 Å². The van der Waals surface area contributed by atoms with E-state index in [1.165, 1.54) is 14.2 Å². The number of ether oxygens (including phenoxy) is 2. The Morgan fingerprint density at radius 3 is 2.34 bits per heavy atom. The third-order valence-electron chi connectivity index (χ3n) is 5.18. The van der Waals surface area contributed by atoms with E-state index in [-0.39, 0.29) is 17.2 Å². The molecule has 10 nitrogen and oxygen atoms in total. The van der Waals surface area contributed by atoms with Crippen LogP contribution in [0.5, 0.6) is 11.5 Å². The van der Waals surface area contributed by atoms with Gasteiger partial charge in [-0.1, -0.05) is 6.07 Å². The van der Waals surface area contributed by atoms with Crippen molar-refractivity contribution in [1.82, 2.24) is 15.2 Å². The number of nitrogens with one attached hydrogen (secondary N) is 2. The molecular weight excluding hydrogens is 434 g/mol. The Morgan fingerprint density at radius 2 is 1.75 bits per heavy atom. The number of hydrogen-bond acceptors (Lipinski definition) is 8. The summed E-state index contributed by atoms with van der Waals surface area (Å²) in [6.45, 7) is 0.758. The van der Waals surface area contributed by atoms with Crippen LogP contribution in [0.2, 0.25) is 0 Å². The van der Waals surface area contributed by atoms with Gasteiger partial charge in [-0.15, -0.1) is 0 Å². The van der Waals surface area contributed by atoms with E-state index in [0.717, 1.165) is 5.69 Å². The van der Waals surface area contributed by atoms with Gasteiger partial charge in [-0.2, -0.15) is 5.10 Å². The van der Waals surface area contributed by atoms with Gasteiger partial charge in [-0.05, 0) is 18.2 Å². The maximum absolute atomic E-state index is 12.9. The van der Waals surface area contributed by atoms with E-state index in [1.54, 1.807) is 42.6 Å². The fraction of sp³-hybridized carbons (Fsp3) is 0.286. The molecule has 0 bridgehead atoms. The molecule has 2 N–H and O–H groups in total. The van der Waals surface area contributed by atoms with E-state index in [0.29, 0.717) is 41.7 Å². The Labute approximate surface area is 185 Å². The van der Waals surface area contributed by atoms with Gasteiger partial charge >= 0.3 is 0 Å². The number of carbonyl (C=O) groups is 1. The van der Waals surface area contributed by atoms with Gasteiger partial charge in [0, 0.05) is 37.1 Å². The molecule has 0 radical (unpaired) electrons. The zero-order chi connectivity index (χ0) is 22.7. The number of methoxy groups -OCH3 is 2. The van der Waals surface area contributed by atoms with Crippen molar-refractivity contribution < 1.29 is 22.7 Å². The highest BCUT2D eigenvalue weighted by Gasteiger charge is 2.24. The molecule has 3 heterocycles. The summed E-state index contributed by atoms with van der Waals surface area (Å²) in [5.41, 5.74) is 2.52. The van der Waals surface area contributed by atoms with Crippen LogP contribution in [-0.2, 0) is 9.84 Å². The highest BCUT2D eigenvalue weighted by atomic mass is 32.2. The Bertz CT molecular complexity index is 1190. The Morgan fingerprint density at radius 1 is 1.06 bits per heavy atom. The van der Waals surface area contributed by atoms with Gasteiger partial charge in [0.1, 0.15) is 28.6 Å². The number of sulfone groups is 1. The second-order valence-corrected chi connectivity index (χ2v) is 9.49. The minimum atomic E-state index is -3.00. The van der Waals surface area contributed by atoms with E-state index in [2.05, 4.69) is 20.5 Å². The summed E-state index contributed by atoms with van der Waals surface area (Å²) in [5, 5.41) is 9.63. The molecule has 168 valence electrons. The van der Waals surface area contributed by atoms with E-state index >= 15 is 0 Å². The number of aromatic amines is 1. The molecule has 3 aromatic rings. The quantitative estimate of drug-likeness (QED) is 0.575. The van der Waals surface area contributed by atoms with E-state index < -0.39 is 15.7 Å². The van der Waals surface area contributed by atoms with Crippen LogP contribution in [0.3, 0.4) is 0 Å². The summed E-state index contributed by atoms with van der Waals surface area (Å²) < 4.78 is 34.5. The van der Waals surface area contributed by atoms with E-state index in [4.69, 9.17) is 9.47 Å². The molecule has 1 amide bonds. The highest BCUT2D eigenvalue weighted by Crippen LogP contribution is 2.39. The molecule has 4 rings (SSSR count). The number of hydrogen-bond donors (Lipinski definition) is 2. The SMILES string of the molecule is COc1cc(N2CCS(=O)(=O)CC2)cc(OC)c1NC(=O)c1cccc(-c2cc[nH]n2)n1. The van der Waals surface area contributed by atoms with Crippen LogP contribution in [0.4, 0.5) is 11.4 Å². The number of pyridine rings is 1. The lowest BCUT2D eigenvalue weighted by Gasteiger charge is -2.29. The molecule has 32 heavy (non-hydrogen) atoms. The molecule has 2 aromatic heterocycles. The zero-order valence-electron chi connectivity index (χ0n) is 17.7. The van der Waals surface area contributed by atoms with Crippen molar-refractivity contribution in [3.05, 3.63) is 48.3 Å². The summed E-state index contributed by atoms with van der Waals surface area (Å²) in [4.78, 5) is 19.3. The fourth-order valence-electron chi connectivity index (χ4n) is 3.46. The molecule has 1 fully saturated rings. The van der Waals surface area contributed by atoms with Crippen LogP contribution in [0, 0.1) is 0 Å². The van der Waals surface area contributed by atoms with E-state index in [9.17, 15) is 13.2 Å². The molecule has 1 saturated heterocycles. The standard InChI is InChI=1S/C21H23N5O5S/c1-30-18-12-14(26-8-10-32(28,29)11-9-26)13-19(31-2)20(18)24-21(27)17-5-3-4-15(23-17)16-6-7-22-25-16/h3-7,12-13H,8-11H2,1-2H3,(H,22,25)(H,24,27). The molecule has 1 aliphatic heterocycles. The molecule has 1 aliphatic rings. The normalized spacial score (nSPS) is 15.2. The van der Waals surface area contributed by atoms with Crippen LogP contribution >= 0.6 is 0 Å². The van der Waals surface area contributed by atoms with Crippen LogP contribution in [-0.4, -0.2) is 68.3 Å². The number of benzene rings is 1. The topological polar surface area (TPSA) is 127 Å². The molecular formula is C21H23N5O5S. The van der Waals surface area contributed by atoms with Crippen molar-refractivity contribution in [1.29, 1.82) is 0 Å². The van der Waals surface area contributed by atoms with Crippen LogP contribution in [0.1, 0.15) is 10.5 Å². The number of rotatable bonds is 6. The first-order chi connectivity index (χ1) is 15.4. The predicted molar refractivity (Wildman–Crippen MR) is 120 cm³/mol. The number of carbonyl (C=O) groups excluding carboxylic acids is 1. The maximum Gasteiger partial charge on any atom is 0.274 e. The lowest BCUT2D eigenvalue weighted by molar-refractivity contribution is 0.102. The largest absolute Gasteiger partial charge is 0.494 e. The Hall–Kier alpha value is -3.60. The van der Waals surface area contributed by atoms with Gasteiger partial charge in [0.25, 0.3) is 5.91 Å². The molecule has 1 aromatic carbocycles. The lowest BCUT2D eigenvalue weighted by Crippen LogP contribution is -2.40. The summed E-state index contributed by atoms with van der Waals surface area (Å²) >= 11 is 0. The highest BCUT2D eigenvalue weighted by molar-refractivity contribution is 7.91. The number of anilines is 2. The predicted octanol–water partition coefficient (Wildman–Crippen LogP) is 1.98. The Kier molecular flexibility index (Phi) is 5.99. The van der Waals surface area contributed by atoms with Crippen molar-refractivity contribution in [2.24, 2.45) is 0 Å². The number of H-pyrrole nitrogens is 1. The number of aromatic nitrogens is 3. The van der Waals surface area contributed by atoms with Crippen LogP contribution in [0.25, 0.3) is 11.4 Å². The van der Waals surface area contributed by atoms with Gasteiger partial charge in [0.2, 0.25) is 0 Å². The second-order valence-electron chi connectivity index (χ2n) is 7.19. The molecule has 0 saturated carbocycles. The van der Waals surface area contributed by atoms with Gasteiger partial charge in [0.05, 0.1) is 31.4 Å². The summed E-state index contributed by atoms with van der Waals surface area (Å²) in [5.74, 6) is 0.535. The summed E-state index contributed by atoms with van der Waals surface area (Å²) in [7, 11) is -0.0214. The summed E-state index contributed by atoms with van der Waals surface area (Å²) in [6.07, 6.45) is 1.68. The maximum atomic E-state index is 12.9. The smallest absolute Gasteiger partial charge is 0.274 e. The van der Waals surface area contributed by atoms with Crippen molar-refractivity contribution in [2.45, 2.75) is 0 Å². The van der Waals surface area contributed by atoms with E-state index in [1.807, 2.05) is 4.90 Å². The summed E-state index contributed by atoms with van der Waals surface area (Å²) in [6, 6.07) is 10.4. The average molecular weight is 458 g/mol. The minimum absolute atomic E-state index is 0.0914. The monoisotopic (exact) mass is 457 g/mol. The third kappa shape index (κ3) is 4.52. The van der Waals surface area contributed by atoms with Crippen LogP contribution < -0.4 is 19.7 Å². The molecule has 0 atom stereocenters. The first kappa shape index (κ1) is 21.6. The Balaban J connectivity index is 1.61. The number of nitrogens with zero attached hydrogens (tertiary/aromatic N) is 3. The number of amides is 1. The van der Waals surface area contributed by atoms with Gasteiger partial charge in [0.15, 0.2) is 9.84 Å². The fourth-order valence-corrected chi connectivity index (χ4v) is 4.66. The first-order valence-electron chi connectivity index (χ1n) is 9.90. The minimum Gasteiger partial charge on any atom is -0.494 e. The van der Waals surface area contributed by atoms with Crippen molar-refractivity contribution in [3.8, 4) is 22.9 Å². The van der Waals surface area contributed by atoms with Gasteiger partial charge in [-0.3, -0.25) is 9.89 Å². The molecule has 0 spiro atoms. The lowest BCUT2D eigenvalue weighted by atomic mass is 10.2. The zero-order valence-corrected chi connectivity index (χ0v) is 18.5. The molecule has 0 unspecified atom stereocenters.